The topological polar surface area (TPSA) is 95.8 Å². The van der Waals surface area contributed by atoms with Gasteiger partial charge < -0.3 is 9.42 Å². The lowest BCUT2D eigenvalue weighted by Crippen LogP contribution is -2.53. The normalized spacial score (nSPS) is 16.8. The summed E-state index contributed by atoms with van der Waals surface area (Å²) in [5.41, 5.74) is 1.39. The maximum atomic E-state index is 12.7. The van der Waals surface area contributed by atoms with Crippen LogP contribution in [0.3, 0.4) is 0 Å². The SMILES string of the molecule is Cc1noc(C)c1S(=O)(=O)N[C@@H](C)C(=O)N1CCN(Cc2cccc(Cl)c2)CC1. The highest BCUT2D eigenvalue weighted by Gasteiger charge is 2.31. The molecule has 1 aliphatic rings. The molecule has 0 saturated carbocycles. The maximum absolute atomic E-state index is 12.7. The fourth-order valence-electron chi connectivity index (χ4n) is 3.49. The number of aryl methyl sites for hydroxylation is 2. The Bertz CT molecular complexity index is 964. The van der Waals surface area contributed by atoms with E-state index in [9.17, 15) is 13.2 Å². The quantitative estimate of drug-likeness (QED) is 0.737. The van der Waals surface area contributed by atoms with Crippen molar-refractivity contribution in [3.8, 4) is 0 Å². The van der Waals surface area contributed by atoms with E-state index in [2.05, 4.69) is 14.8 Å². The molecule has 0 spiro atoms. The van der Waals surface area contributed by atoms with E-state index >= 15 is 0 Å². The van der Waals surface area contributed by atoms with Crippen molar-refractivity contribution >= 4 is 27.5 Å². The van der Waals surface area contributed by atoms with Crippen molar-refractivity contribution < 1.29 is 17.7 Å². The standard InChI is InChI=1S/C19H25ClN4O4S/c1-13-18(15(3)28-21-13)29(26,27)22-14(2)19(25)24-9-7-23(8-10-24)12-16-5-4-6-17(20)11-16/h4-6,11,14,22H,7-10,12H2,1-3H3/t14-/m0/s1. The van der Waals surface area contributed by atoms with Crippen molar-refractivity contribution in [3.05, 3.63) is 46.3 Å². The summed E-state index contributed by atoms with van der Waals surface area (Å²) < 4.78 is 32.6. The minimum absolute atomic E-state index is 0.0107. The van der Waals surface area contributed by atoms with Gasteiger partial charge >= 0.3 is 0 Å². The molecular formula is C19H25ClN4O4S. The first-order chi connectivity index (χ1) is 13.7. The molecule has 3 rings (SSSR count). The van der Waals surface area contributed by atoms with Crippen LogP contribution in [0.25, 0.3) is 0 Å². The zero-order valence-electron chi connectivity index (χ0n) is 16.7. The van der Waals surface area contributed by atoms with Gasteiger partial charge in [0.25, 0.3) is 0 Å². The van der Waals surface area contributed by atoms with E-state index in [0.29, 0.717) is 31.2 Å². The smallest absolute Gasteiger partial charge is 0.246 e. The van der Waals surface area contributed by atoms with Crippen molar-refractivity contribution in [1.82, 2.24) is 19.7 Å². The molecule has 0 radical (unpaired) electrons. The van der Waals surface area contributed by atoms with Crippen LogP contribution in [0.4, 0.5) is 0 Å². The molecule has 1 saturated heterocycles. The van der Waals surface area contributed by atoms with Gasteiger partial charge in [-0.25, -0.2) is 8.42 Å². The van der Waals surface area contributed by atoms with Crippen LogP contribution in [0.2, 0.25) is 5.02 Å². The van der Waals surface area contributed by atoms with Gasteiger partial charge in [0.2, 0.25) is 15.9 Å². The molecule has 8 nitrogen and oxygen atoms in total. The largest absolute Gasteiger partial charge is 0.360 e. The Kier molecular flexibility index (Phi) is 6.62. The number of carbonyl (C=O) groups excluding carboxylic acids is 1. The molecule has 2 heterocycles. The molecule has 1 aromatic heterocycles. The van der Waals surface area contributed by atoms with Crippen LogP contribution in [-0.2, 0) is 21.4 Å². The van der Waals surface area contributed by atoms with Crippen LogP contribution >= 0.6 is 11.6 Å². The number of benzene rings is 1. The van der Waals surface area contributed by atoms with Gasteiger partial charge in [0.05, 0.1) is 6.04 Å². The van der Waals surface area contributed by atoms with Gasteiger partial charge in [-0.1, -0.05) is 28.9 Å². The summed E-state index contributed by atoms with van der Waals surface area (Å²) >= 11 is 6.03. The molecule has 0 bridgehead atoms. The monoisotopic (exact) mass is 440 g/mol. The van der Waals surface area contributed by atoms with Crippen LogP contribution in [0, 0.1) is 13.8 Å². The second-order valence-corrected chi connectivity index (χ2v) is 9.31. The molecule has 0 aliphatic carbocycles. The lowest BCUT2D eigenvalue weighted by Gasteiger charge is -2.36. The number of hydrogen-bond acceptors (Lipinski definition) is 6. The van der Waals surface area contributed by atoms with Crippen molar-refractivity contribution in [2.24, 2.45) is 0 Å². The summed E-state index contributed by atoms with van der Waals surface area (Å²) in [5.74, 6) is -0.0491. The Morgan fingerprint density at radius 1 is 1.28 bits per heavy atom. The third kappa shape index (κ3) is 5.16. The first-order valence-electron chi connectivity index (χ1n) is 9.38. The number of halogens is 1. The van der Waals surface area contributed by atoms with Gasteiger partial charge in [0, 0.05) is 37.7 Å². The van der Waals surface area contributed by atoms with E-state index in [1.807, 2.05) is 24.3 Å². The first-order valence-corrected chi connectivity index (χ1v) is 11.2. The number of piperazine rings is 1. The molecule has 1 fully saturated rings. The number of amides is 1. The Morgan fingerprint density at radius 3 is 2.55 bits per heavy atom. The number of rotatable bonds is 6. The Morgan fingerprint density at radius 2 is 1.97 bits per heavy atom. The molecule has 158 valence electrons. The van der Waals surface area contributed by atoms with Crippen molar-refractivity contribution in [2.75, 3.05) is 26.2 Å². The predicted molar refractivity (Wildman–Crippen MR) is 109 cm³/mol. The minimum atomic E-state index is -3.89. The molecular weight excluding hydrogens is 416 g/mol. The van der Waals surface area contributed by atoms with Crippen LogP contribution in [0.5, 0.6) is 0 Å². The molecule has 10 heteroatoms. The number of aromatic nitrogens is 1. The third-order valence-electron chi connectivity index (χ3n) is 4.92. The zero-order chi connectivity index (χ0) is 21.2. The lowest BCUT2D eigenvalue weighted by atomic mass is 10.2. The predicted octanol–water partition coefficient (Wildman–Crippen LogP) is 1.96. The Labute approximate surface area is 175 Å². The van der Waals surface area contributed by atoms with Gasteiger partial charge in [-0.05, 0) is 38.5 Å². The molecule has 1 aromatic carbocycles. The summed E-state index contributed by atoms with van der Waals surface area (Å²) in [6, 6.07) is 6.84. The summed E-state index contributed by atoms with van der Waals surface area (Å²) in [6.07, 6.45) is 0. The lowest BCUT2D eigenvalue weighted by molar-refractivity contribution is -0.134. The molecule has 1 aliphatic heterocycles. The molecule has 1 amide bonds. The average molecular weight is 441 g/mol. The average Bonchev–Trinajstić information content (AvgIpc) is 3.00. The highest BCUT2D eigenvalue weighted by molar-refractivity contribution is 7.89. The minimum Gasteiger partial charge on any atom is -0.360 e. The van der Waals surface area contributed by atoms with Crippen molar-refractivity contribution in [3.63, 3.8) is 0 Å². The van der Waals surface area contributed by atoms with E-state index in [1.54, 1.807) is 18.7 Å². The van der Waals surface area contributed by atoms with Gasteiger partial charge in [-0.15, -0.1) is 0 Å². The van der Waals surface area contributed by atoms with E-state index < -0.39 is 16.1 Å². The Balaban J connectivity index is 1.56. The number of nitrogens with one attached hydrogen (secondary N) is 1. The molecule has 1 atom stereocenters. The summed E-state index contributed by atoms with van der Waals surface area (Å²) in [7, 11) is -3.89. The maximum Gasteiger partial charge on any atom is 0.246 e. The molecule has 2 aromatic rings. The third-order valence-corrected chi connectivity index (χ3v) is 6.94. The van der Waals surface area contributed by atoms with Gasteiger partial charge in [-0.2, -0.15) is 4.72 Å². The van der Waals surface area contributed by atoms with Crippen LogP contribution in [0.15, 0.2) is 33.7 Å². The fourth-order valence-corrected chi connectivity index (χ4v) is 5.23. The van der Waals surface area contributed by atoms with Crippen LogP contribution in [-0.4, -0.2) is 61.5 Å². The number of hydrogen-bond donors (Lipinski definition) is 1. The van der Waals surface area contributed by atoms with Gasteiger partial charge in [0.1, 0.15) is 10.6 Å². The van der Waals surface area contributed by atoms with E-state index in [-0.39, 0.29) is 22.3 Å². The van der Waals surface area contributed by atoms with E-state index in [4.69, 9.17) is 16.1 Å². The number of carbonyl (C=O) groups is 1. The molecule has 29 heavy (non-hydrogen) atoms. The zero-order valence-corrected chi connectivity index (χ0v) is 18.3. The van der Waals surface area contributed by atoms with Gasteiger partial charge in [-0.3, -0.25) is 9.69 Å². The van der Waals surface area contributed by atoms with Crippen molar-refractivity contribution in [2.45, 2.75) is 38.3 Å². The number of nitrogens with zero attached hydrogens (tertiary/aromatic N) is 3. The fraction of sp³-hybridized carbons (Fsp3) is 0.474. The first kappa shape index (κ1) is 21.8. The van der Waals surface area contributed by atoms with Crippen LogP contribution < -0.4 is 4.72 Å². The number of sulfonamides is 1. The van der Waals surface area contributed by atoms with Gasteiger partial charge in [0.15, 0.2) is 5.76 Å². The Hall–Kier alpha value is -1.94. The second-order valence-electron chi connectivity index (χ2n) is 7.23. The van der Waals surface area contributed by atoms with Crippen LogP contribution in [0.1, 0.15) is 23.9 Å². The van der Waals surface area contributed by atoms with E-state index in [0.717, 1.165) is 12.1 Å². The second kappa shape index (κ2) is 8.83. The summed E-state index contributed by atoms with van der Waals surface area (Å²) in [5, 5.41) is 4.37. The highest BCUT2D eigenvalue weighted by atomic mass is 35.5. The van der Waals surface area contributed by atoms with Crippen molar-refractivity contribution in [1.29, 1.82) is 0 Å². The summed E-state index contributed by atoms with van der Waals surface area (Å²) in [6.45, 7) is 7.89. The molecule has 1 N–H and O–H groups in total. The van der Waals surface area contributed by atoms with E-state index in [1.165, 1.54) is 6.92 Å². The summed E-state index contributed by atoms with van der Waals surface area (Å²) in [4.78, 5) is 16.7. The molecule has 0 unspecified atom stereocenters. The highest BCUT2D eigenvalue weighted by Crippen LogP contribution is 2.19.